The summed E-state index contributed by atoms with van der Waals surface area (Å²) in [5.74, 6) is -1.84. The fourth-order valence-corrected chi connectivity index (χ4v) is 6.86. The maximum Gasteiger partial charge on any atom is 0.416 e. The van der Waals surface area contributed by atoms with Crippen LogP contribution >= 0.6 is 11.8 Å². The van der Waals surface area contributed by atoms with Gasteiger partial charge >= 0.3 is 6.18 Å². The number of hydrogen-bond acceptors (Lipinski definition) is 6. The minimum Gasteiger partial charge on any atom is -0.351 e. The number of benzene rings is 2. The molecule has 2 aromatic rings. The van der Waals surface area contributed by atoms with Crippen molar-refractivity contribution in [3.8, 4) is 0 Å². The Labute approximate surface area is 231 Å². The fraction of sp³-hybridized carbons (Fsp3) is 0.481. The Morgan fingerprint density at radius 3 is 2.38 bits per heavy atom. The van der Waals surface area contributed by atoms with E-state index in [4.69, 9.17) is 0 Å². The van der Waals surface area contributed by atoms with Crippen molar-refractivity contribution in [2.24, 2.45) is 5.92 Å². The van der Waals surface area contributed by atoms with Crippen molar-refractivity contribution in [1.29, 1.82) is 0 Å². The third kappa shape index (κ3) is 8.97. The van der Waals surface area contributed by atoms with Gasteiger partial charge in [-0.2, -0.15) is 13.2 Å². The van der Waals surface area contributed by atoms with E-state index in [-0.39, 0.29) is 34.2 Å². The van der Waals surface area contributed by atoms with Crippen LogP contribution in [0.3, 0.4) is 0 Å². The average molecular weight is 586 g/mol. The summed E-state index contributed by atoms with van der Waals surface area (Å²) in [6.45, 7) is 3.56. The van der Waals surface area contributed by atoms with E-state index in [9.17, 15) is 31.2 Å². The van der Waals surface area contributed by atoms with Crippen molar-refractivity contribution in [3.63, 3.8) is 0 Å². The Kier molecular flexibility index (Phi) is 10.5. The number of hydrogen-bond donors (Lipinski definition) is 3. The molecular formula is C27H34F3N3O4S2. The molecule has 0 aromatic heterocycles. The first-order valence-electron chi connectivity index (χ1n) is 12.7. The Morgan fingerprint density at radius 1 is 1.08 bits per heavy atom. The molecule has 0 aliphatic heterocycles. The van der Waals surface area contributed by atoms with Crippen LogP contribution in [-0.2, 0) is 20.8 Å². The molecule has 3 rings (SSSR count). The van der Waals surface area contributed by atoms with Gasteiger partial charge in [0, 0.05) is 28.6 Å². The molecule has 0 spiro atoms. The summed E-state index contributed by atoms with van der Waals surface area (Å²) in [5, 5.41) is 8.66. The van der Waals surface area contributed by atoms with Crippen LogP contribution in [0.2, 0.25) is 0 Å². The highest BCUT2D eigenvalue weighted by Crippen LogP contribution is 2.30. The number of carbonyl (C=O) groups is 2. The zero-order valence-corrected chi connectivity index (χ0v) is 23.7. The van der Waals surface area contributed by atoms with E-state index in [1.54, 1.807) is 24.3 Å². The molecule has 0 bridgehead atoms. The average Bonchev–Trinajstić information content (AvgIpc) is 2.88. The monoisotopic (exact) mass is 585 g/mol. The Bertz CT molecular complexity index is 1250. The van der Waals surface area contributed by atoms with E-state index in [1.807, 2.05) is 20.1 Å². The molecule has 0 saturated heterocycles. The standard InChI is InChI=1S/C27H34F3N3O4S2/c1-17(2)32-21-8-7-19(16-39(36,37)23-11-9-22(38-3)10-12-23)24(14-21)33-25(34)15-31-26(35)18-5-4-6-20(13-18)27(28,29)30/h4-6,9-13,17,19,21,24,32H,7-8,14-16H2,1-3H3,(H,31,35)(H,33,34)/t19-,21+,24-/m0/s1. The molecular weight excluding hydrogens is 551 g/mol. The normalized spacial score (nSPS) is 20.0. The first-order chi connectivity index (χ1) is 18.3. The second-order valence-electron chi connectivity index (χ2n) is 9.98. The molecule has 7 nitrogen and oxygen atoms in total. The lowest BCUT2D eigenvalue weighted by atomic mass is 9.82. The molecule has 1 aliphatic rings. The molecule has 0 heterocycles. The minimum atomic E-state index is -4.60. The highest BCUT2D eigenvalue weighted by Gasteiger charge is 2.35. The van der Waals surface area contributed by atoms with Crippen LogP contribution < -0.4 is 16.0 Å². The van der Waals surface area contributed by atoms with Crippen molar-refractivity contribution in [1.82, 2.24) is 16.0 Å². The summed E-state index contributed by atoms with van der Waals surface area (Å²) in [6.07, 6.45) is -0.850. The predicted molar refractivity (Wildman–Crippen MR) is 145 cm³/mol. The smallest absolute Gasteiger partial charge is 0.351 e. The maximum absolute atomic E-state index is 13.2. The largest absolute Gasteiger partial charge is 0.416 e. The summed E-state index contributed by atoms with van der Waals surface area (Å²) < 4.78 is 65.3. The second kappa shape index (κ2) is 13.2. The maximum atomic E-state index is 13.2. The molecule has 214 valence electrons. The van der Waals surface area contributed by atoms with Crippen LogP contribution in [0, 0.1) is 5.92 Å². The first-order valence-corrected chi connectivity index (χ1v) is 15.5. The van der Waals surface area contributed by atoms with Crippen LogP contribution in [-0.4, -0.2) is 56.9 Å². The van der Waals surface area contributed by atoms with E-state index in [2.05, 4.69) is 16.0 Å². The number of sulfone groups is 1. The van der Waals surface area contributed by atoms with Crippen molar-refractivity contribution < 1.29 is 31.2 Å². The summed E-state index contributed by atoms with van der Waals surface area (Å²) >= 11 is 1.51. The number of rotatable bonds is 10. The van der Waals surface area contributed by atoms with Gasteiger partial charge in [-0.3, -0.25) is 9.59 Å². The Hall–Kier alpha value is -2.57. The van der Waals surface area contributed by atoms with Crippen LogP contribution in [0.5, 0.6) is 0 Å². The van der Waals surface area contributed by atoms with E-state index >= 15 is 0 Å². The van der Waals surface area contributed by atoms with E-state index in [0.717, 1.165) is 29.5 Å². The molecule has 0 radical (unpaired) electrons. The van der Waals surface area contributed by atoms with Crippen molar-refractivity contribution in [3.05, 3.63) is 59.7 Å². The fourth-order valence-electron chi connectivity index (χ4n) is 4.75. The van der Waals surface area contributed by atoms with Crippen LogP contribution in [0.15, 0.2) is 58.3 Å². The topological polar surface area (TPSA) is 104 Å². The third-order valence-corrected chi connectivity index (χ3v) is 9.22. The molecule has 2 amide bonds. The SMILES string of the molecule is CSc1ccc(S(=O)(=O)C[C@@H]2CC[C@@H](NC(C)C)C[C@@H]2NC(=O)CNC(=O)c2cccc(C(F)(F)F)c2)cc1. The number of amides is 2. The van der Waals surface area contributed by atoms with Crippen molar-refractivity contribution in [2.75, 3.05) is 18.6 Å². The predicted octanol–water partition coefficient (Wildman–Crippen LogP) is 4.28. The highest BCUT2D eigenvalue weighted by atomic mass is 32.2. The summed E-state index contributed by atoms with van der Waals surface area (Å²) in [6, 6.07) is 10.5. The van der Waals surface area contributed by atoms with E-state index < -0.39 is 46.0 Å². The highest BCUT2D eigenvalue weighted by molar-refractivity contribution is 7.98. The zero-order chi connectivity index (χ0) is 28.8. The van der Waals surface area contributed by atoms with Crippen molar-refractivity contribution in [2.45, 2.75) is 67.2 Å². The van der Waals surface area contributed by atoms with E-state index in [0.29, 0.717) is 12.8 Å². The molecule has 0 unspecified atom stereocenters. The minimum absolute atomic E-state index is 0.0785. The number of halogens is 3. The van der Waals surface area contributed by atoms with Gasteiger partial charge in [0.2, 0.25) is 5.91 Å². The summed E-state index contributed by atoms with van der Waals surface area (Å²) in [4.78, 5) is 26.3. The Balaban J connectivity index is 1.67. The van der Waals surface area contributed by atoms with E-state index in [1.165, 1.54) is 17.8 Å². The zero-order valence-electron chi connectivity index (χ0n) is 22.0. The number of carbonyl (C=O) groups excluding carboxylic acids is 2. The van der Waals surface area contributed by atoms with Crippen LogP contribution in [0.1, 0.15) is 49.0 Å². The quantitative estimate of drug-likeness (QED) is 0.360. The number of nitrogens with one attached hydrogen (secondary N) is 3. The first kappa shape index (κ1) is 31.0. The molecule has 2 aromatic carbocycles. The van der Waals surface area contributed by atoms with Crippen LogP contribution in [0.25, 0.3) is 0 Å². The lowest BCUT2D eigenvalue weighted by Crippen LogP contribution is -2.53. The van der Waals surface area contributed by atoms with Gasteiger partial charge in [-0.1, -0.05) is 19.9 Å². The number of thioether (sulfide) groups is 1. The van der Waals surface area contributed by atoms with Gasteiger partial charge in [-0.15, -0.1) is 11.8 Å². The molecule has 1 fully saturated rings. The van der Waals surface area contributed by atoms with Gasteiger partial charge in [0.25, 0.3) is 5.91 Å². The van der Waals surface area contributed by atoms with Crippen molar-refractivity contribution >= 4 is 33.4 Å². The molecule has 1 aliphatic carbocycles. The van der Waals surface area contributed by atoms with Gasteiger partial charge in [0.05, 0.1) is 22.8 Å². The van der Waals surface area contributed by atoms with Crippen LogP contribution in [0.4, 0.5) is 13.2 Å². The molecule has 39 heavy (non-hydrogen) atoms. The van der Waals surface area contributed by atoms with Gasteiger partial charge in [0.1, 0.15) is 0 Å². The third-order valence-electron chi connectivity index (χ3n) is 6.62. The van der Waals surface area contributed by atoms with Gasteiger partial charge < -0.3 is 16.0 Å². The lowest BCUT2D eigenvalue weighted by molar-refractivity contribution is -0.137. The van der Waals surface area contributed by atoms with Gasteiger partial charge in [-0.25, -0.2) is 8.42 Å². The molecule has 3 atom stereocenters. The Morgan fingerprint density at radius 2 is 1.77 bits per heavy atom. The second-order valence-corrected chi connectivity index (χ2v) is 12.9. The molecule has 12 heteroatoms. The molecule has 3 N–H and O–H groups in total. The molecule has 1 saturated carbocycles. The summed E-state index contributed by atoms with van der Waals surface area (Å²) in [7, 11) is -3.61. The lowest BCUT2D eigenvalue weighted by Gasteiger charge is -2.37. The van der Waals surface area contributed by atoms with Gasteiger partial charge in [0.15, 0.2) is 9.84 Å². The van der Waals surface area contributed by atoms with Gasteiger partial charge in [-0.05, 0) is 73.9 Å². The summed E-state index contributed by atoms with van der Waals surface area (Å²) in [5.41, 5.74) is -1.18. The number of alkyl halides is 3.